The minimum absolute atomic E-state index is 0.167. The largest absolute Gasteiger partial charge is 0.497 e. The normalized spacial score (nSPS) is 16.9. The highest BCUT2D eigenvalue weighted by molar-refractivity contribution is 5.47. The fourth-order valence-electron chi connectivity index (χ4n) is 3.19. The lowest BCUT2D eigenvalue weighted by atomic mass is 10.1. The summed E-state index contributed by atoms with van der Waals surface area (Å²) in [6, 6.07) is 14.4. The monoisotopic (exact) mass is 331 g/mol. The van der Waals surface area contributed by atoms with Crippen molar-refractivity contribution in [1.82, 2.24) is 0 Å². The summed E-state index contributed by atoms with van der Waals surface area (Å²) in [5.41, 5.74) is 1.58. The van der Waals surface area contributed by atoms with Gasteiger partial charge >= 0.3 is 0 Å². The summed E-state index contributed by atoms with van der Waals surface area (Å²) in [4.78, 5) is 3.42. The van der Waals surface area contributed by atoms with Crippen LogP contribution in [-0.2, 0) is 0 Å². The quantitative estimate of drug-likeness (QED) is 0.867. The van der Waals surface area contributed by atoms with Gasteiger partial charge in [-0.25, -0.2) is 4.39 Å². The first-order valence-corrected chi connectivity index (χ1v) is 8.32. The van der Waals surface area contributed by atoms with E-state index in [2.05, 4.69) is 4.90 Å². The minimum atomic E-state index is -0.495. The molecule has 1 aliphatic rings. The van der Waals surface area contributed by atoms with Crippen LogP contribution in [0.3, 0.4) is 0 Å². The van der Waals surface area contributed by atoms with Crippen molar-refractivity contribution in [3.05, 3.63) is 59.9 Å². The van der Waals surface area contributed by atoms with E-state index in [1.165, 1.54) is 11.0 Å². The van der Waals surface area contributed by atoms with Crippen molar-refractivity contribution in [3.63, 3.8) is 0 Å². The molecule has 0 unspecified atom stereocenters. The summed E-state index contributed by atoms with van der Waals surface area (Å²) in [6.07, 6.45) is -0.495. The van der Waals surface area contributed by atoms with Crippen LogP contribution in [0.15, 0.2) is 48.5 Å². The maximum absolute atomic E-state index is 13.9. The van der Waals surface area contributed by atoms with Crippen LogP contribution >= 0.6 is 0 Å². The molecule has 2 aromatic rings. The molecule has 1 atom stereocenters. The van der Waals surface area contributed by atoms with Crippen LogP contribution in [0.4, 0.5) is 10.1 Å². The Morgan fingerprint density at radius 2 is 1.79 bits per heavy atom. The number of hydrogen-bond acceptors (Lipinski definition) is 3. The second-order valence-corrected chi connectivity index (χ2v) is 6.18. The van der Waals surface area contributed by atoms with E-state index in [0.717, 1.165) is 37.5 Å². The Morgan fingerprint density at radius 3 is 2.42 bits per heavy atom. The number of nitrogens with zero attached hydrogens (tertiary/aromatic N) is 1. The van der Waals surface area contributed by atoms with E-state index >= 15 is 0 Å². The van der Waals surface area contributed by atoms with Crippen molar-refractivity contribution >= 4 is 5.69 Å². The second kappa shape index (κ2) is 7.64. The van der Waals surface area contributed by atoms with Gasteiger partial charge in [0.2, 0.25) is 0 Å². The smallest absolute Gasteiger partial charge is 0.146 e. The number of benzene rings is 2. The molecule has 0 radical (unpaired) electrons. The van der Waals surface area contributed by atoms with E-state index < -0.39 is 6.10 Å². The van der Waals surface area contributed by atoms with Gasteiger partial charge in [-0.3, -0.25) is 0 Å². The van der Waals surface area contributed by atoms with Gasteiger partial charge in [0.15, 0.2) is 0 Å². The van der Waals surface area contributed by atoms with Crippen LogP contribution < -0.4 is 14.5 Å². The molecule has 1 fully saturated rings. The van der Waals surface area contributed by atoms with Gasteiger partial charge in [0, 0.05) is 0 Å². The number of aliphatic hydroxyl groups is 1. The molecule has 3 rings (SSSR count). The molecule has 0 spiro atoms. The summed E-state index contributed by atoms with van der Waals surface area (Å²) >= 11 is 0. The topological polar surface area (TPSA) is 37.1 Å². The van der Waals surface area contributed by atoms with Crippen molar-refractivity contribution in [2.75, 3.05) is 44.7 Å². The first kappa shape index (κ1) is 16.7. The highest BCUT2D eigenvalue weighted by Gasteiger charge is 2.24. The fourth-order valence-corrected chi connectivity index (χ4v) is 3.19. The molecule has 0 amide bonds. The summed E-state index contributed by atoms with van der Waals surface area (Å²) < 4.78 is 19.0. The molecule has 2 aromatic carbocycles. The zero-order chi connectivity index (χ0) is 16.9. The van der Waals surface area contributed by atoms with E-state index in [1.807, 2.05) is 36.4 Å². The third kappa shape index (κ3) is 3.86. The molecular weight excluding hydrogens is 307 g/mol. The number of ether oxygens (including phenoxy) is 1. The van der Waals surface area contributed by atoms with E-state index in [1.54, 1.807) is 13.2 Å². The Labute approximate surface area is 142 Å². The maximum Gasteiger partial charge on any atom is 0.146 e. The Kier molecular flexibility index (Phi) is 5.33. The Bertz CT molecular complexity index is 655. The first-order chi connectivity index (χ1) is 11.7. The lowest BCUT2D eigenvalue weighted by molar-refractivity contribution is -0.904. The van der Waals surface area contributed by atoms with Gasteiger partial charge in [0.05, 0.1) is 39.0 Å². The number of aliphatic hydroxyl groups excluding tert-OH is 1. The van der Waals surface area contributed by atoms with E-state index in [-0.39, 0.29) is 5.82 Å². The van der Waals surface area contributed by atoms with Gasteiger partial charge in [-0.05, 0) is 29.8 Å². The van der Waals surface area contributed by atoms with Gasteiger partial charge < -0.3 is 19.6 Å². The lowest BCUT2D eigenvalue weighted by Gasteiger charge is -2.34. The van der Waals surface area contributed by atoms with Crippen LogP contribution in [0.5, 0.6) is 5.75 Å². The molecule has 128 valence electrons. The minimum Gasteiger partial charge on any atom is -0.497 e. The molecule has 5 heteroatoms. The summed E-state index contributed by atoms with van der Waals surface area (Å²) in [6.45, 7) is 4.04. The van der Waals surface area contributed by atoms with Gasteiger partial charge in [0.25, 0.3) is 0 Å². The number of rotatable bonds is 5. The lowest BCUT2D eigenvalue weighted by Crippen LogP contribution is -3.15. The number of hydrogen-bond donors (Lipinski definition) is 2. The van der Waals surface area contributed by atoms with Crippen molar-refractivity contribution in [2.24, 2.45) is 0 Å². The highest BCUT2D eigenvalue weighted by Crippen LogP contribution is 2.19. The third-order valence-corrected chi connectivity index (χ3v) is 4.65. The molecule has 2 N–H and O–H groups in total. The number of quaternary nitrogens is 1. The van der Waals surface area contributed by atoms with Crippen LogP contribution in [0.1, 0.15) is 11.7 Å². The molecule has 24 heavy (non-hydrogen) atoms. The summed E-state index contributed by atoms with van der Waals surface area (Å²) in [5.74, 6) is 0.621. The predicted octanol–water partition coefficient (Wildman–Crippen LogP) is 1.27. The SMILES string of the molecule is COc1ccc([C@@H](O)C[NH+]2CCN(c3ccccc3F)CC2)cc1. The number of piperazine rings is 1. The highest BCUT2D eigenvalue weighted by atomic mass is 19.1. The van der Waals surface area contributed by atoms with Gasteiger partial charge in [-0.1, -0.05) is 24.3 Å². The van der Waals surface area contributed by atoms with Crippen molar-refractivity contribution in [1.29, 1.82) is 0 Å². The van der Waals surface area contributed by atoms with Crippen molar-refractivity contribution in [3.8, 4) is 5.75 Å². The number of para-hydroxylation sites is 1. The zero-order valence-corrected chi connectivity index (χ0v) is 13.9. The van der Waals surface area contributed by atoms with Crippen LogP contribution in [0, 0.1) is 5.82 Å². The van der Waals surface area contributed by atoms with Gasteiger partial charge in [0.1, 0.15) is 24.2 Å². The van der Waals surface area contributed by atoms with E-state index in [4.69, 9.17) is 4.74 Å². The molecule has 4 nitrogen and oxygen atoms in total. The summed E-state index contributed by atoms with van der Waals surface area (Å²) in [5, 5.41) is 10.4. The van der Waals surface area contributed by atoms with Crippen LogP contribution in [-0.4, -0.2) is 44.9 Å². The first-order valence-electron chi connectivity index (χ1n) is 8.32. The molecule has 1 aliphatic heterocycles. The van der Waals surface area contributed by atoms with Crippen LogP contribution in [0.2, 0.25) is 0 Å². The molecule has 0 bridgehead atoms. The standard InChI is InChI=1S/C19H23FN2O2/c1-24-16-8-6-15(7-9-16)19(23)14-21-10-12-22(13-11-21)18-5-3-2-4-17(18)20/h2-9,19,23H,10-14H2,1H3/p+1/t19-/m0/s1. The average molecular weight is 331 g/mol. The molecule has 1 saturated heterocycles. The molecule has 1 heterocycles. The van der Waals surface area contributed by atoms with Crippen molar-refractivity contribution < 1.29 is 19.1 Å². The number of nitrogens with one attached hydrogen (secondary N) is 1. The summed E-state index contributed by atoms with van der Waals surface area (Å²) in [7, 11) is 1.63. The Hall–Kier alpha value is -2.11. The Morgan fingerprint density at radius 1 is 1.12 bits per heavy atom. The maximum atomic E-state index is 13.9. The molecule has 0 saturated carbocycles. The Balaban J connectivity index is 1.54. The average Bonchev–Trinajstić information content (AvgIpc) is 2.63. The van der Waals surface area contributed by atoms with Crippen LogP contribution in [0.25, 0.3) is 0 Å². The van der Waals surface area contributed by atoms with E-state index in [0.29, 0.717) is 12.2 Å². The third-order valence-electron chi connectivity index (χ3n) is 4.65. The van der Waals surface area contributed by atoms with Crippen molar-refractivity contribution in [2.45, 2.75) is 6.10 Å². The molecular formula is C19H24FN2O2+. The molecule has 0 aromatic heterocycles. The predicted molar refractivity (Wildman–Crippen MR) is 92.1 cm³/mol. The van der Waals surface area contributed by atoms with Gasteiger partial charge in [-0.15, -0.1) is 0 Å². The zero-order valence-electron chi connectivity index (χ0n) is 13.9. The number of anilines is 1. The number of methoxy groups -OCH3 is 1. The fraction of sp³-hybridized carbons (Fsp3) is 0.368. The number of halogens is 1. The second-order valence-electron chi connectivity index (χ2n) is 6.18. The molecule has 0 aliphatic carbocycles. The van der Waals surface area contributed by atoms with Gasteiger partial charge in [-0.2, -0.15) is 0 Å². The van der Waals surface area contributed by atoms with E-state index in [9.17, 15) is 9.50 Å².